The second-order valence-electron chi connectivity index (χ2n) is 7.11. The van der Waals surface area contributed by atoms with E-state index in [1.165, 1.54) is 5.56 Å². The molecule has 2 aromatic rings. The van der Waals surface area contributed by atoms with E-state index < -0.39 is 0 Å². The van der Waals surface area contributed by atoms with Crippen LogP contribution in [0.2, 0.25) is 0 Å². The second-order valence-corrected chi connectivity index (χ2v) is 7.11. The molecule has 2 rings (SSSR count). The molecule has 0 saturated carbocycles. The first kappa shape index (κ1) is 23.3. The molecule has 6 heteroatoms. The molecular formula is C24H34N4O2. The number of hydrogen-bond acceptors (Lipinski definition) is 3. The first-order valence-corrected chi connectivity index (χ1v) is 10.6. The van der Waals surface area contributed by atoms with Gasteiger partial charge in [-0.05, 0) is 56.0 Å². The van der Waals surface area contributed by atoms with Crippen molar-refractivity contribution >= 4 is 11.9 Å². The molecule has 2 aromatic carbocycles. The van der Waals surface area contributed by atoms with Gasteiger partial charge in [0.1, 0.15) is 5.75 Å². The van der Waals surface area contributed by atoms with E-state index in [1.54, 1.807) is 7.05 Å². The van der Waals surface area contributed by atoms with Gasteiger partial charge in [0.15, 0.2) is 5.96 Å². The van der Waals surface area contributed by atoms with Crippen LogP contribution in [0.5, 0.6) is 5.75 Å². The quantitative estimate of drug-likeness (QED) is 0.414. The fourth-order valence-corrected chi connectivity index (χ4v) is 2.98. The van der Waals surface area contributed by atoms with E-state index in [0.29, 0.717) is 18.7 Å². The first-order valence-electron chi connectivity index (χ1n) is 10.6. The normalized spacial score (nSPS) is 11.1. The first-order chi connectivity index (χ1) is 14.6. The Morgan fingerprint density at radius 3 is 2.67 bits per heavy atom. The van der Waals surface area contributed by atoms with Gasteiger partial charge in [0.25, 0.3) is 5.91 Å². The van der Waals surface area contributed by atoms with E-state index >= 15 is 0 Å². The number of aryl methyl sites for hydroxylation is 1. The van der Waals surface area contributed by atoms with Crippen molar-refractivity contribution in [3.05, 3.63) is 64.7 Å². The van der Waals surface area contributed by atoms with Gasteiger partial charge in [-0.1, -0.05) is 31.2 Å². The zero-order valence-corrected chi connectivity index (χ0v) is 18.5. The maximum Gasteiger partial charge on any atom is 0.251 e. The van der Waals surface area contributed by atoms with Crippen LogP contribution in [-0.2, 0) is 13.0 Å². The molecular weight excluding hydrogens is 376 g/mol. The molecule has 0 aliphatic rings. The third kappa shape index (κ3) is 7.43. The van der Waals surface area contributed by atoms with E-state index in [-0.39, 0.29) is 5.91 Å². The zero-order valence-electron chi connectivity index (χ0n) is 18.5. The number of aliphatic imine (C=N–C) groups is 1. The lowest BCUT2D eigenvalue weighted by molar-refractivity contribution is 0.0963. The van der Waals surface area contributed by atoms with Crippen LogP contribution in [0.1, 0.15) is 47.3 Å². The number of carbonyl (C=O) groups excluding carboxylic acids is 1. The summed E-state index contributed by atoms with van der Waals surface area (Å²) < 4.78 is 5.90. The molecule has 3 N–H and O–H groups in total. The lowest BCUT2D eigenvalue weighted by atomic mass is 10.1. The Morgan fingerprint density at radius 2 is 1.93 bits per heavy atom. The second kappa shape index (κ2) is 12.5. The molecule has 0 aliphatic heterocycles. The fourth-order valence-electron chi connectivity index (χ4n) is 2.98. The van der Waals surface area contributed by atoms with Gasteiger partial charge >= 0.3 is 0 Å². The molecule has 0 spiro atoms. The van der Waals surface area contributed by atoms with Gasteiger partial charge in [-0.15, -0.1) is 0 Å². The maximum absolute atomic E-state index is 11.8. The average molecular weight is 411 g/mol. The van der Waals surface area contributed by atoms with Crippen LogP contribution >= 0.6 is 0 Å². The maximum atomic E-state index is 11.8. The van der Waals surface area contributed by atoms with Gasteiger partial charge in [-0.25, -0.2) is 4.99 Å². The fraction of sp³-hybridized carbons (Fsp3) is 0.417. The van der Waals surface area contributed by atoms with Gasteiger partial charge < -0.3 is 20.7 Å². The summed E-state index contributed by atoms with van der Waals surface area (Å²) in [7, 11) is 1.64. The van der Waals surface area contributed by atoms with Crippen LogP contribution in [0.4, 0.5) is 0 Å². The lowest BCUT2D eigenvalue weighted by Gasteiger charge is -2.13. The summed E-state index contributed by atoms with van der Waals surface area (Å²) in [6, 6.07) is 13.9. The highest BCUT2D eigenvalue weighted by Gasteiger charge is 2.06. The Morgan fingerprint density at radius 1 is 1.10 bits per heavy atom. The summed E-state index contributed by atoms with van der Waals surface area (Å²) in [6.07, 6.45) is 1.77. The number of rotatable bonds is 10. The minimum absolute atomic E-state index is 0.0705. The number of carbonyl (C=O) groups is 1. The van der Waals surface area contributed by atoms with Crippen molar-refractivity contribution in [1.82, 2.24) is 16.0 Å². The van der Waals surface area contributed by atoms with Gasteiger partial charge in [-0.3, -0.25) is 4.79 Å². The van der Waals surface area contributed by atoms with Crippen LogP contribution in [0.3, 0.4) is 0 Å². The predicted molar refractivity (Wildman–Crippen MR) is 123 cm³/mol. The highest BCUT2D eigenvalue weighted by Crippen LogP contribution is 2.21. The minimum Gasteiger partial charge on any atom is -0.493 e. The number of hydrogen-bond donors (Lipinski definition) is 3. The van der Waals surface area contributed by atoms with E-state index in [0.717, 1.165) is 48.8 Å². The Balaban J connectivity index is 1.99. The van der Waals surface area contributed by atoms with Gasteiger partial charge in [0.05, 0.1) is 13.2 Å². The van der Waals surface area contributed by atoms with Crippen molar-refractivity contribution in [3.63, 3.8) is 0 Å². The van der Waals surface area contributed by atoms with Gasteiger partial charge in [0.2, 0.25) is 0 Å². The third-order valence-corrected chi connectivity index (χ3v) is 4.56. The Bertz CT molecular complexity index is 849. The predicted octanol–water partition coefficient (Wildman–Crippen LogP) is 3.44. The summed E-state index contributed by atoms with van der Waals surface area (Å²) in [5.41, 5.74) is 4.03. The Hall–Kier alpha value is -3.02. The van der Waals surface area contributed by atoms with Gasteiger partial charge in [0, 0.05) is 31.3 Å². The largest absolute Gasteiger partial charge is 0.493 e. The van der Waals surface area contributed by atoms with Crippen molar-refractivity contribution in [1.29, 1.82) is 0 Å². The molecule has 30 heavy (non-hydrogen) atoms. The van der Waals surface area contributed by atoms with Crippen LogP contribution in [0.15, 0.2) is 47.5 Å². The standard InChI is InChI=1S/C24H34N4O2/c1-5-14-30-22-15-18(3)10-11-21(22)17-28-24(26-6-2)27-13-12-19-8-7-9-20(16-19)23(29)25-4/h7-11,15-16H,5-6,12-14,17H2,1-4H3,(H,25,29)(H2,26,27,28). The zero-order chi connectivity index (χ0) is 21.8. The summed E-state index contributed by atoms with van der Waals surface area (Å²) in [6.45, 7) is 8.96. The molecule has 162 valence electrons. The topological polar surface area (TPSA) is 74.8 Å². The van der Waals surface area contributed by atoms with Gasteiger partial charge in [-0.2, -0.15) is 0 Å². The highest BCUT2D eigenvalue weighted by atomic mass is 16.5. The molecule has 0 radical (unpaired) electrons. The van der Waals surface area contributed by atoms with Crippen molar-refractivity contribution < 1.29 is 9.53 Å². The monoisotopic (exact) mass is 410 g/mol. The summed E-state index contributed by atoms with van der Waals surface area (Å²) in [5.74, 6) is 1.60. The average Bonchev–Trinajstić information content (AvgIpc) is 2.76. The lowest BCUT2D eigenvalue weighted by Crippen LogP contribution is -2.38. The summed E-state index contributed by atoms with van der Waals surface area (Å²) >= 11 is 0. The summed E-state index contributed by atoms with van der Waals surface area (Å²) in [4.78, 5) is 16.5. The summed E-state index contributed by atoms with van der Waals surface area (Å²) in [5, 5.41) is 9.32. The van der Waals surface area contributed by atoms with Crippen molar-refractivity contribution in [2.24, 2.45) is 4.99 Å². The van der Waals surface area contributed by atoms with E-state index in [2.05, 4.69) is 48.0 Å². The molecule has 0 atom stereocenters. The molecule has 0 bridgehead atoms. The minimum atomic E-state index is -0.0705. The number of nitrogens with one attached hydrogen (secondary N) is 3. The molecule has 0 saturated heterocycles. The van der Waals surface area contributed by atoms with E-state index in [4.69, 9.17) is 9.73 Å². The molecule has 0 aromatic heterocycles. The van der Waals surface area contributed by atoms with Crippen LogP contribution in [0.25, 0.3) is 0 Å². The van der Waals surface area contributed by atoms with E-state index in [9.17, 15) is 4.79 Å². The third-order valence-electron chi connectivity index (χ3n) is 4.56. The Labute approximate surface area is 180 Å². The molecule has 0 unspecified atom stereocenters. The van der Waals surface area contributed by atoms with Crippen molar-refractivity contribution in [2.75, 3.05) is 26.7 Å². The van der Waals surface area contributed by atoms with Crippen LogP contribution in [-0.4, -0.2) is 38.6 Å². The SMILES string of the molecule is CCCOc1cc(C)ccc1CN=C(NCC)NCCc1cccc(C(=O)NC)c1. The number of nitrogens with zero attached hydrogens (tertiary/aromatic N) is 1. The highest BCUT2D eigenvalue weighted by molar-refractivity contribution is 5.94. The number of amides is 1. The molecule has 0 heterocycles. The van der Waals surface area contributed by atoms with Crippen molar-refractivity contribution in [3.8, 4) is 5.75 Å². The molecule has 6 nitrogen and oxygen atoms in total. The number of guanidine groups is 1. The van der Waals surface area contributed by atoms with Crippen molar-refractivity contribution in [2.45, 2.75) is 40.2 Å². The van der Waals surface area contributed by atoms with Crippen LogP contribution in [0, 0.1) is 6.92 Å². The molecule has 1 amide bonds. The number of ether oxygens (including phenoxy) is 1. The molecule has 0 fully saturated rings. The Kier molecular flexibility index (Phi) is 9.71. The van der Waals surface area contributed by atoms with E-state index in [1.807, 2.05) is 31.2 Å². The molecule has 0 aliphatic carbocycles. The smallest absolute Gasteiger partial charge is 0.251 e. The number of benzene rings is 2. The van der Waals surface area contributed by atoms with Crippen LogP contribution < -0.4 is 20.7 Å².